The van der Waals surface area contributed by atoms with Crippen LogP contribution in [0.4, 0.5) is 0 Å². The average molecular weight is 518 g/mol. The molecule has 2 heterocycles. The monoisotopic (exact) mass is 517 g/mol. The lowest BCUT2D eigenvalue weighted by molar-refractivity contribution is 0.0697. The molecule has 0 amide bonds. The molecular formula is C24H28BrN3O5. The summed E-state index contributed by atoms with van der Waals surface area (Å²) in [6.07, 6.45) is 1.67. The van der Waals surface area contributed by atoms with Gasteiger partial charge in [-0.05, 0) is 78.5 Å². The molecule has 0 atom stereocenters. The molecule has 3 aromatic rings. The lowest BCUT2D eigenvalue weighted by atomic mass is 10.0. The van der Waals surface area contributed by atoms with Crippen molar-refractivity contribution in [2.24, 2.45) is 0 Å². The molecule has 2 aromatic carbocycles. The lowest BCUT2D eigenvalue weighted by Gasteiger charge is -2.32. The molecule has 0 bridgehead atoms. The van der Waals surface area contributed by atoms with Crippen molar-refractivity contribution >= 4 is 32.9 Å². The Kier molecular flexibility index (Phi) is 7.09. The van der Waals surface area contributed by atoms with E-state index >= 15 is 0 Å². The number of rotatable bonds is 8. The van der Waals surface area contributed by atoms with Crippen LogP contribution in [0.3, 0.4) is 0 Å². The van der Waals surface area contributed by atoms with Crippen LogP contribution in [-0.2, 0) is 6.54 Å². The summed E-state index contributed by atoms with van der Waals surface area (Å²) in [7, 11) is 0. The smallest absolute Gasteiger partial charge is 0.335 e. The highest BCUT2D eigenvalue weighted by Crippen LogP contribution is 2.37. The number of nitrogens with zero attached hydrogens (tertiary/aromatic N) is 2. The number of likely N-dealkylation sites (tertiary alicyclic amines) is 1. The first kappa shape index (κ1) is 23.4. The molecule has 1 aromatic heterocycles. The predicted molar refractivity (Wildman–Crippen MR) is 130 cm³/mol. The number of carbonyl (C=O) groups is 1. The third kappa shape index (κ3) is 4.94. The number of H-pyrrole nitrogens is 1. The summed E-state index contributed by atoms with van der Waals surface area (Å²) in [4.78, 5) is 29.0. The third-order valence-electron chi connectivity index (χ3n) is 5.96. The van der Waals surface area contributed by atoms with Crippen molar-refractivity contribution in [1.82, 2.24) is 14.5 Å². The van der Waals surface area contributed by atoms with Crippen molar-refractivity contribution in [3.8, 4) is 11.5 Å². The molecule has 176 valence electrons. The summed E-state index contributed by atoms with van der Waals surface area (Å²) in [5, 5.41) is 9.21. The van der Waals surface area contributed by atoms with E-state index in [0.29, 0.717) is 18.7 Å². The summed E-state index contributed by atoms with van der Waals surface area (Å²) >= 11 is 3.58. The SMILES string of the molecule is CCOc1cc(CN2CCC(n3c(=O)[nH]c4cc(C(=O)O)ccc43)CC2)cc(OCC)c1Br. The van der Waals surface area contributed by atoms with Gasteiger partial charge in [0.05, 0.1) is 29.8 Å². The molecule has 1 saturated heterocycles. The molecule has 0 saturated carbocycles. The number of carboxylic acids is 1. The Labute approximate surface area is 200 Å². The Hall–Kier alpha value is -2.78. The van der Waals surface area contributed by atoms with Crippen molar-refractivity contribution in [2.75, 3.05) is 26.3 Å². The molecule has 8 nitrogen and oxygen atoms in total. The average Bonchev–Trinajstić information content (AvgIpc) is 3.12. The number of halogens is 1. The van der Waals surface area contributed by atoms with E-state index in [1.54, 1.807) is 16.7 Å². The number of benzene rings is 2. The van der Waals surface area contributed by atoms with Gasteiger partial charge in [0.25, 0.3) is 0 Å². The minimum atomic E-state index is -1.01. The summed E-state index contributed by atoms with van der Waals surface area (Å²) < 4.78 is 14.2. The molecule has 0 radical (unpaired) electrons. The van der Waals surface area contributed by atoms with Crippen molar-refractivity contribution in [3.63, 3.8) is 0 Å². The summed E-state index contributed by atoms with van der Waals surface area (Å²) in [5.41, 5.74) is 2.40. The minimum absolute atomic E-state index is 0.0704. The Morgan fingerprint density at radius 2 is 1.76 bits per heavy atom. The number of nitrogens with one attached hydrogen (secondary N) is 1. The summed E-state index contributed by atoms with van der Waals surface area (Å²) in [5.74, 6) is 0.547. The number of carboxylic acid groups (broad SMARTS) is 1. The van der Waals surface area contributed by atoms with Crippen LogP contribution in [0, 0.1) is 0 Å². The normalized spacial score (nSPS) is 15.1. The van der Waals surface area contributed by atoms with E-state index in [1.165, 1.54) is 6.07 Å². The van der Waals surface area contributed by atoms with Crippen LogP contribution in [-0.4, -0.2) is 51.8 Å². The van der Waals surface area contributed by atoms with Gasteiger partial charge in [-0.25, -0.2) is 9.59 Å². The second-order valence-corrected chi connectivity index (χ2v) is 8.91. The largest absolute Gasteiger partial charge is 0.493 e. The fraction of sp³-hybridized carbons (Fsp3) is 0.417. The molecule has 1 aliphatic heterocycles. The molecule has 9 heteroatoms. The molecule has 1 aliphatic rings. The molecule has 4 rings (SSSR count). The maximum Gasteiger partial charge on any atom is 0.335 e. The molecule has 0 aliphatic carbocycles. The molecule has 1 fully saturated rings. The second-order valence-electron chi connectivity index (χ2n) is 8.12. The number of fused-ring (bicyclic) bond motifs is 1. The van der Waals surface area contributed by atoms with Crippen LogP contribution >= 0.6 is 15.9 Å². The maximum atomic E-state index is 12.6. The molecule has 2 N–H and O–H groups in total. The van der Waals surface area contributed by atoms with Gasteiger partial charge in [-0.15, -0.1) is 0 Å². The Morgan fingerprint density at radius 1 is 1.12 bits per heavy atom. The molecular weight excluding hydrogens is 490 g/mol. The standard InChI is InChI=1S/C24H28BrN3O5/c1-3-32-20-11-15(12-21(22(20)25)33-4-2)14-27-9-7-17(8-10-27)28-19-6-5-16(23(29)30)13-18(19)26-24(28)31/h5-6,11-13,17H,3-4,7-10,14H2,1-2H3,(H,26,31)(H,29,30). The Balaban J connectivity index is 1.48. The number of aromatic nitrogens is 2. The van der Waals surface area contributed by atoms with Crippen LogP contribution in [0.1, 0.15) is 48.7 Å². The fourth-order valence-electron chi connectivity index (χ4n) is 4.46. The number of hydrogen-bond donors (Lipinski definition) is 2. The van der Waals surface area contributed by atoms with Gasteiger partial charge in [0, 0.05) is 25.7 Å². The predicted octanol–water partition coefficient (Wildman–Crippen LogP) is 4.42. The number of piperidine rings is 1. The van der Waals surface area contributed by atoms with Crippen molar-refractivity contribution in [2.45, 2.75) is 39.3 Å². The Bertz CT molecular complexity index is 1180. The number of ether oxygens (including phenoxy) is 2. The van der Waals surface area contributed by atoms with Gasteiger partial charge in [0.1, 0.15) is 16.0 Å². The zero-order valence-electron chi connectivity index (χ0n) is 18.8. The van der Waals surface area contributed by atoms with Gasteiger partial charge in [-0.2, -0.15) is 0 Å². The van der Waals surface area contributed by atoms with E-state index in [9.17, 15) is 14.7 Å². The topological polar surface area (TPSA) is 96.8 Å². The number of imidazole rings is 1. The van der Waals surface area contributed by atoms with Gasteiger partial charge in [0.2, 0.25) is 0 Å². The summed E-state index contributed by atoms with van der Waals surface area (Å²) in [6, 6.07) is 8.95. The molecule has 33 heavy (non-hydrogen) atoms. The highest BCUT2D eigenvalue weighted by Gasteiger charge is 2.24. The number of aromatic carboxylic acids is 1. The number of aromatic amines is 1. The molecule has 0 unspecified atom stereocenters. The first-order valence-corrected chi connectivity index (χ1v) is 12.0. The third-order valence-corrected chi connectivity index (χ3v) is 6.74. The van der Waals surface area contributed by atoms with Crippen LogP contribution < -0.4 is 15.2 Å². The van der Waals surface area contributed by atoms with E-state index in [4.69, 9.17) is 9.47 Å². The minimum Gasteiger partial charge on any atom is -0.493 e. The highest BCUT2D eigenvalue weighted by molar-refractivity contribution is 9.10. The van der Waals surface area contributed by atoms with Gasteiger partial charge in [-0.3, -0.25) is 9.47 Å². The summed E-state index contributed by atoms with van der Waals surface area (Å²) in [6.45, 7) is 7.53. The maximum absolute atomic E-state index is 12.6. The van der Waals surface area contributed by atoms with Crippen LogP contribution in [0.15, 0.2) is 39.6 Å². The first-order chi connectivity index (χ1) is 15.9. The number of hydrogen-bond acceptors (Lipinski definition) is 5. The van der Waals surface area contributed by atoms with Gasteiger partial charge < -0.3 is 19.6 Å². The van der Waals surface area contributed by atoms with Gasteiger partial charge >= 0.3 is 11.7 Å². The fourth-order valence-corrected chi connectivity index (χ4v) is 4.92. The van der Waals surface area contributed by atoms with Crippen LogP contribution in [0.2, 0.25) is 0 Å². The van der Waals surface area contributed by atoms with E-state index in [-0.39, 0.29) is 17.3 Å². The van der Waals surface area contributed by atoms with E-state index in [1.807, 2.05) is 26.0 Å². The zero-order valence-corrected chi connectivity index (χ0v) is 20.4. The van der Waals surface area contributed by atoms with Crippen molar-refractivity contribution in [3.05, 3.63) is 56.4 Å². The van der Waals surface area contributed by atoms with Crippen LogP contribution in [0.25, 0.3) is 11.0 Å². The highest BCUT2D eigenvalue weighted by atomic mass is 79.9. The van der Waals surface area contributed by atoms with Crippen molar-refractivity contribution in [1.29, 1.82) is 0 Å². The van der Waals surface area contributed by atoms with Crippen LogP contribution in [0.5, 0.6) is 11.5 Å². The van der Waals surface area contributed by atoms with E-state index in [0.717, 1.165) is 59.5 Å². The van der Waals surface area contributed by atoms with Crippen molar-refractivity contribution < 1.29 is 19.4 Å². The first-order valence-electron chi connectivity index (χ1n) is 11.2. The molecule has 0 spiro atoms. The van der Waals surface area contributed by atoms with E-state index < -0.39 is 5.97 Å². The zero-order chi connectivity index (χ0) is 23.5. The quantitative estimate of drug-likeness (QED) is 0.458. The van der Waals surface area contributed by atoms with Gasteiger partial charge in [0.15, 0.2) is 0 Å². The van der Waals surface area contributed by atoms with E-state index in [2.05, 4.69) is 25.8 Å². The lowest BCUT2D eigenvalue weighted by Crippen LogP contribution is -2.36. The van der Waals surface area contributed by atoms with Gasteiger partial charge in [-0.1, -0.05) is 0 Å². The Morgan fingerprint density at radius 3 is 2.33 bits per heavy atom. The second kappa shape index (κ2) is 10.0.